The first-order chi connectivity index (χ1) is 13.2. The predicted molar refractivity (Wildman–Crippen MR) is 101 cm³/mol. The van der Waals surface area contributed by atoms with Crippen molar-refractivity contribution < 1.29 is 18.9 Å². The molecule has 0 bridgehead atoms. The molecule has 1 spiro atoms. The van der Waals surface area contributed by atoms with E-state index in [2.05, 4.69) is 20.2 Å². The lowest BCUT2D eigenvalue weighted by Gasteiger charge is -2.38. The van der Waals surface area contributed by atoms with Gasteiger partial charge in [0.1, 0.15) is 29.5 Å². The van der Waals surface area contributed by atoms with E-state index >= 15 is 0 Å². The van der Waals surface area contributed by atoms with Crippen LogP contribution in [0.25, 0.3) is 0 Å². The molecule has 2 saturated heterocycles. The minimum atomic E-state index is -0.388. The first-order valence-corrected chi connectivity index (χ1v) is 9.05. The molecule has 27 heavy (non-hydrogen) atoms. The summed E-state index contributed by atoms with van der Waals surface area (Å²) < 4.78 is 22.3. The molecule has 2 aliphatic rings. The van der Waals surface area contributed by atoms with E-state index in [9.17, 15) is 0 Å². The van der Waals surface area contributed by atoms with E-state index in [1.54, 1.807) is 20.5 Å². The smallest absolute Gasteiger partial charge is 0.171 e. The van der Waals surface area contributed by atoms with Crippen LogP contribution in [-0.4, -0.2) is 56.3 Å². The van der Waals surface area contributed by atoms with Gasteiger partial charge in [-0.2, -0.15) is 0 Å². The fraction of sp³-hybridized carbons (Fsp3) is 0.474. The van der Waals surface area contributed by atoms with Crippen molar-refractivity contribution in [3.8, 4) is 11.5 Å². The molecule has 0 amide bonds. The van der Waals surface area contributed by atoms with Crippen LogP contribution < -0.4 is 19.7 Å². The molecule has 1 N–H and O–H groups in total. The molecule has 0 radical (unpaired) electrons. The van der Waals surface area contributed by atoms with E-state index in [0.717, 1.165) is 43.2 Å². The molecular formula is C19H24N4O4. The number of anilines is 3. The molecule has 4 rings (SSSR count). The van der Waals surface area contributed by atoms with Crippen LogP contribution in [0.4, 0.5) is 17.3 Å². The van der Waals surface area contributed by atoms with Crippen molar-refractivity contribution in [1.82, 2.24) is 9.97 Å². The molecule has 0 unspecified atom stereocenters. The Hall–Kier alpha value is -2.58. The average molecular weight is 372 g/mol. The molecule has 0 aliphatic carbocycles. The fourth-order valence-corrected chi connectivity index (χ4v) is 3.49. The monoisotopic (exact) mass is 372 g/mol. The second-order valence-electron chi connectivity index (χ2n) is 6.55. The van der Waals surface area contributed by atoms with Gasteiger partial charge in [-0.25, -0.2) is 9.97 Å². The highest BCUT2D eigenvalue weighted by atomic mass is 16.7. The van der Waals surface area contributed by atoms with Crippen molar-refractivity contribution in [3.05, 3.63) is 30.6 Å². The van der Waals surface area contributed by atoms with Crippen LogP contribution in [0.5, 0.6) is 11.5 Å². The van der Waals surface area contributed by atoms with Crippen molar-refractivity contribution in [2.75, 3.05) is 50.7 Å². The van der Waals surface area contributed by atoms with Gasteiger partial charge >= 0.3 is 0 Å². The van der Waals surface area contributed by atoms with Gasteiger partial charge in [-0.3, -0.25) is 0 Å². The van der Waals surface area contributed by atoms with E-state index in [0.29, 0.717) is 24.8 Å². The lowest BCUT2D eigenvalue weighted by molar-refractivity contribution is -0.169. The van der Waals surface area contributed by atoms with Gasteiger partial charge in [-0.15, -0.1) is 0 Å². The number of rotatable bonds is 5. The molecule has 8 heteroatoms. The van der Waals surface area contributed by atoms with Gasteiger partial charge < -0.3 is 29.2 Å². The van der Waals surface area contributed by atoms with Crippen molar-refractivity contribution in [3.63, 3.8) is 0 Å². The molecule has 2 fully saturated rings. The van der Waals surface area contributed by atoms with E-state index in [4.69, 9.17) is 18.9 Å². The van der Waals surface area contributed by atoms with Crippen LogP contribution in [0, 0.1) is 0 Å². The summed E-state index contributed by atoms with van der Waals surface area (Å²) in [6, 6.07) is 7.55. The van der Waals surface area contributed by atoms with Crippen molar-refractivity contribution in [1.29, 1.82) is 0 Å². The Morgan fingerprint density at radius 1 is 1.04 bits per heavy atom. The van der Waals surface area contributed by atoms with Gasteiger partial charge in [0.05, 0.1) is 33.1 Å². The molecular weight excluding hydrogens is 348 g/mol. The van der Waals surface area contributed by atoms with Crippen LogP contribution in [-0.2, 0) is 9.47 Å². The standard InChI is InChI=1S/C19H24N4O4/c1-24-14-3-4-15(16(11-14)25-2)22-17-12-18(21-13-20-17)23-7-5-19(6-8-23)26-9-10-27-19/h3-4,11-13H,5-10H2,1-2H3,(H,20,21,22). The number of aromatic nitrogens is 2. The Morgan fingerprint density at radius 3 is 2.52 bits per heavy atom. The Bertz CT molecular complexity index is 785. The number of methoxy groups -OCH3 is 2. The highest BCUT2D eigenvalue weighted by molar-refractivity contribution is 5.67. The third kappa shape index (κ3) is 3.77. The molecule has 2 aliphatic heterocycles. The van der Waals surface area contributed by atoms with E-state index < -0.39 is 0 Å². The zero-order valence-corrected chi connectivity index (χ0v) is 15.6. The molecule has 2 aromatic rings. The van der Waals surface area contributed by atoms with Gasteiger partial charge in [0.2, 0.25) is 0 Å². The third-order valence-corrected chi connectivity index (χ3v) is 4.99. The largest absolute Gasteiger partial charge is 0.497 e. The second-order valence-corrected chi connectivity index (χ2v) is 6.55. The first kappa shape index (κ1) is 17.8. The zero-order chi connectivity index (χ0) is 18.7. The van der Waals surface area contributed by atoms with E-state index in [1.807, 2.05) is 24.3 Å². The average Bonchev–Trinajstić information content (AvgIpc) is 3.17. The minimum Gasteiger partial charge on any atom is -0.497 e. The Kier molecular flexibility index (Phi) is 5.00. The van der Waals surface area contributed by atoms with E-state index in [-0.39, 0.29) is 5.79 Å². The number of hydrogen-bond acceptors (Lipinski definition) is 8. The fourth-order valence-electron chi connectivity index (χ4n) is 3.49. The number of piperidine rings is 1. The maximum absolute atomic E-state index is 5.79. The van der Waals surface area contributed by atoms with Gasteiger partial charge in [0, 0.05) is 38.1 Å². The van der Waals surface area contributed by atoms with Gasteiger partial charge in [-0.1, -0.05) is 0 Å². The SMILES string of the molecule is COc1ccc(Nc2cc(N3CCC4(CC3)OCCO4)ncn2)c(OC)c1. The first-order valence-electron chi connectivity index (χ1n) is 9.05. The van der Waals surface area contributed by atoms with Crippen LogP contribution >= 0.6 is 0 Å². The quantitative estimate of drug-likeness (QED) is 0.858. The Labute approximate surface area is 158 Å². The van der Waals surface area contributed by atoms with Crippen LogP contribution in [0.1, 0.15) is 12.8 Å². The van der Waals surface area contributed by atoms with Gasteiger partial charge in [-0.05, 0) is 12.1 Å². The Balaban J connectivity index is 1.47. The molecule has 0 saturated carbocycles. The number of nitrogens with one attached hydrogen (secondary N) is 1. The molecule has 0 atom stereocenters. The maximum Gasteiger partial charge on any atom is 0.171 e. The molecule has 144 valence electrons. The van der Waals surface area contributed by atoms with Crippen molar-refractivity contribution in [2.45, 2.75) is 18.6 Å². The zero-order valence-electron chi connectivity index (χ0n) is 15.6. The highest BCUT2D eigenvalue weighted by Crippen LogP contribution is 2.34. The summed E-state index contributed by atoms with van der Waals surface area (Å²) in [5, 5.41) is 3.30. The summed E-state index contributed by atoms with van der Waals surface area (Å²) in [6.07, 6.45) is 3.25. The summed E-state index contributed by atoms with van der Waals surface area (Å²) in [7, 11) is 3.26. The van der Waals surface area contributed by atoms with Crippen molar-refractivity contribution in [2.24, 2.45) is 0 Å². The lowest BCUT2D eigenvalue weighted by Crippen LogP contribution is -2.45. The lowest BCUT2D eigenvalue weighted by atomic mass is 10.0. The number of ether oxygens (including phenoxy) is 4. The van der Waals surface area contributed by atoms with Crippen molar-refractivity contribution >= 4 is 17.3 Å². The topological polar surface area (TPSA) is 78.0 Å². The minimum absolute atomic E-state index is 0.388. The number of nitrogens with zero attached hydrogens (tertiary/aromatic N) is 3. The third-order valence-electron chi connectivity index (χ3n) is 4.99. The maximum atomic E-state index is 5.79. The summed E-state index contributed by atoms with van der Waals surface area (Å²) >= 11 is 0. The van der Waals surface area contributed by atoms with Gasteiger partial charge in [0.15, 0.2) is 5.79 Å². The van der Waals surface area contributed by atoms with Gasteiger partial charge in [0.25, 0.3) is 0 Å². The summed E-state index contributed by atoms with van der Waals surface area (Å²) in [5.41, 5.74) is 0.813. The highest BCUT2D eigenvalue weighted by Gasteiger charge is 2.40. The number of hydrogen-bond donors (Lipinski definition) is 1. The molecule has 1 aromatic carbocycles. The van der Waals surface area contributed by atoms with Crippen LogP contribution in [0.15, 0.2) is 30.6 Å². The second kappa shape index (κ2) is 7.58. The summed E-state index contributed by atoms with van der Waals surface area (Å²) in [6.45, 7) is 3.04. The molecule has 1 aromatic heterocycles. The number of benzene rings is 1. The Morgan fingerprint density at radius 2 is 1.81 bits per heavy atom. The molecule has 8 nitrogen and oxygen atoms in total. The predicted octanol–water partition coefficient (Wildman–Crippen LogP) is 2.58. The van der Waals surface area contributed by atoms with Crippen LogP contribution in [0.3, 0.4) is 0 Å². The summed E-state index contributed by atoms with van der Waals surface area (Å²) in [5.74, 6) is 2.62. The van der Waals surface area contributed by atoms with Crippen LogP contribution in [0.2, 0.25) is 0 Å². The molecule has 3 heterocycles. The van der Waals surface area contributed by atoms with E-state index in [1.165, 1.54) is 0 Å². The normalized spacial score (nSPS) is 18.5. The summed E-state index contributed by atoms with van der Waals surface area (Å²) in [4.78, 5) is 11.0.